The van der Waals surface area contributed by atoms with E-state index in [-0.39, 0.29) is 29.1 Å². The molecule has 2 rings (SSSR count). The summed E-state index contributed by atoms with van der Waals surface area (Å²) in [5.41, 5.74) is 2.22. The molecular formula is C20H23ClN2O3. The minimum absolute atomic E-state index is 0.0257. The molecule has 0 saturated carbocycles. The second-order valence-electron chi connectivity index (χ2n) is 6.11. The Morgan fingerprint density at radius 2 is 1.77 bits per heavy atom. The highest BCUT2D eigenvalue weighted by Crippen LogP contribution is 2.29. The van der Waals surface area contributed by atoms with E-state index in [9.17, 15) is 14.7 Å². The highest BCUT2D eigenvalue weighted by molar-refractivity contribution is 6.32. The third kappa shape index (κ3) is 5.23. The molecule has 2 aromatic carbocycles. The van der Waals surface area contributed by atoms with Crippen LogP contribution in [-0.4, -0.2) is 42.0 Å². The van der Waals surface area contributed by atoms with Gasteiger partial charge in [-0.25, -0.2) is 0 Å². The molecule has 138 valence electrons. The van der Waals surface area contributed by atoms with Crippen molar-refractivity contribution in [1.82, 2.24) is 10.2 Å². The van der Waals surface area contributed by atoms with Gasteiger partial charge >= 0.3 is 0 Å². The molecule has 0 atom stereocenters. The van der Waals surface area contributed by atoms with Crippen molar-refractivity contribution >= 4 is 23.4 Å². The maximum Gasteiger partial charge on any atom is 0.254 e. The van der Waals surface area contributed by atoms with Gasteiger partial charge in [-0.15, -0.1) is 0 Å². The summed E-state index contributed by atoms with van der Waals surface area (Å²) in [5.74, 6) is -0.350. The first-order chi connectivity index (χ1) is 12.4. The Labute approximate surface area is 158 Å². The van der Waals surface area contributed by atoms with Crippen molar-refractivity contribution in [3.8, 4) is 16.9 Å². The Balaban J connectivity index is 2.01. The van der Waals surface area contributed by atoms with Crippen LogP contribution in [0.15, 0.2) is 42.5 Å². The second kappa shape index (κ2) is 9.25. The van der Waals surface area contributed by atoms with E-state index < -0.39 is 0 Å². The first kappa shape index (κ1) is 19.8. The van der Waals surface area contributed by atoms with Crippen LogP contribution in [-0.2, 0) is 4.79 Å². The lowest BCUT2D eigenvalue weighted by atomic mass is 10.0. The highest BCUT2D eigenvalue weighted by Gasteiger charge is 2.15. The number of nitrogens with zero attached hydrogens (tertiary/aromatic N) is 1. The molecule has 0 aliphatic carbocycles. The van der Waals surface area contributed by atoms with E-state index in [0.717, 1.165) is 24.0 Å². The number of unbranched alkanes of at least 4 members (excludes halogenated alkanes) is 1. The molecule has 5 nitrogen and oxygen atoms in total. The summed E-state index contributed by atoms with van der Waals surface area (Å²) >= 11 is 5.93. The van der Waals surface area contributed by atoms with Crippen molar-refractivity contribution in [1.29, 1.82) is 0 Å². The van der Waals surface area contributed by atoms with Crippen LogP contribution in [0.2, 0.25) is 5.02 Å². The summed E-state index contributed by atoms with van der Waals surface area (Å²) in [7, 11) is 1.61. The summed E-state index contributed by atoms with van der Waals surface area (Å²) in [6.07, 6.45) is 1.93. The highest BCUT2D eigenvalue weighted by atomic mass is 35.5. The fourth-order valence-corrected chi connectivity index (χ4v) is 2.64. The zero-order chi connectivity index (χ0) is 19.1. The summed E-state index contributed by atoms with van der Waals surface area (Å²) < 4.78 is 0. The molecular weight excluding hydrogens is 352 g/mol. The maximum atomic E-state index is 12.4. The number of benzene rings is 2. The van der Waals surface area contributed by atoms with E-state index in [4.69, 9.17) is 11.6 Å². The zero-order valence-corrected chi connectivity index (χ0v) is 15.7. The second-order valence-corrected chi connectivity index (χ2v) is 6.52. The van der Waals surface area contributed by atoms with Gasteiger partial charge in [0.25, 0.3) is 5.91 Å². The molecule has 0 bridgehead atoms. The molecule has 0 aliphatic heterocycles. The number of amides is 2. The van der Waals surface area contributed by atoms with E-state index in [1.807, 2.05) is 12.1 Å². The Kier molecular flexibility index (Phi) is 7.04. The lowest BCUT2D eigenvalue weighted by Crippen LogP contribution is -2.38. The van der Waals surface area contributed by atoms with Crippen LogP contribution in [0.4, 0.5) is 0 Å². The minimum atomic E-state index is -0.217. The van der Waals surface area contributed by atoms with Gasteiger partial charge in [-0.1, -0.05) is 43.1 Å². The maximum absolute atomic E-state index is 12.4. The summed E-state index contributed by atoms with van der Waals surface area (Å²) in [6, 6.07) is 12.0. The summed E-state index contributed by atoms with van der Waals surface area (Å²) in [6.45, 7) is 2.71. The number of rotatable bonds is 7. The zero-order valence-electron chi connectivity index (χ0n) is 15.0. The molecule has 6 heteroatoms. The van der Waals surface area contributed by atoms with E-state index in [1.165, 1.54) is 11.0 Å². The molecule has 0 saturated heterocycles. The monoisotopic (exact) mass is 374 g/mol. The van der Waals surface area contributed by atoms with Gasteiger partial charge in [0.15, 0.2) is 0 Å². The smallest absolute Gasteiger partial charge is 0.254 e. The molecule has 0 heterocycles. The van der Waals surface area contributed by atoms with Gasteiger partial charge < -0.3 is 15.3 Å². The van der Waals surface area contributed by atoms with Crippen LogP contribution >= 0.6 is 11.6 Å². The first-order valence-electron chi connectivity index (χ1n) is 8.53. The van der Waals surface area contributed by atoms with E-state index in [0.29, 0.717) is 12.1 Å². The average Bonchev–Trinajstić information content (AvgIpc) is 2.63. The van der Waals surface area contributed by atoms with E-state index in [1.54, 1.807) is 31.3 Å². The van der Waals surface area contributed by atoms with Crippen LogP contribution in [0, 0.1) is 0 Å². The van der Waals surface area contributed by atoms with Gasteiger partial charge in [0.2, 0.25) is 5.91 Å². The van der Waals surface area contributed by atoms with E-state index >= 15 is 0 Å². The molecule has 2 N–H and O–H groups in total. The Bertz CT molecular complexity index is 775. The normalized spacial score (nSPS) is 10.4. The summed E-state index contributed by atoms with van der Waals surface area (Å²) in [4.78, 5) is 25.7. The minimum Gasteiger partial charge on any atom is -0.506 e. The number of carbonyl (C=O) groups excluding carboxylic acids is 2. The third-order valence-corrected chi connectivity index (χ3v) is 4.30. The Hall–Kier alpha value is -2.53. The molecule has 0 aromatic heterocycles. The van der Waals surface area contributed by atoms with Crippen molar-refractivity contribution in [2.45, 2.75) is 19.8 Å². The number of halogens is 1. The fourth-order valence-electron chi connectivity index (χ4n) is 2.46. The van der Waals surface area contributed by atoms with Gasteiger partial charge in [0.1, 0.15) is 5.75 Å². The number of hydrogen-bond donors (Lipinski definition) is 2. The van der Waals surface area contributed by atoms with Gasteiger partial charge in [-0.3, -0.25) is 9.59 Å². The summed E-state index contributed by atoms with van der Waals surface area (Å²) in [5, 5.41) is 12.6. The molecule has 0 unspecified atom stereocenters. The Morgan fingerprint density at radius 1 is 1.12 bits per heavy atom. The topological polar surface area (TPSA) is 69.6 Å². The van der Waals surface area contributed by atoms with Gasteiger partial charge in [-0.05, 0) is 41.8 Å². The molecule has 0 fully saturated rings. The molecule has 0 aliphatic rings. The van der Waals surface area contributed by atoms with Crippen molar-refractivity contribution in [3.63, 3.8) is 0 Å². The molecule has 2 amide bonds. The fraction of sp³-hybridized carbons (Fsp3) is 0.300. The van der Waals surface area contributed by atoms with E-state index in [2.05, 4.69) is 12.2 Å². The van der Waals surface area contributed by atoms with Crippen molar-refractivity contribution in [2.75, 3.05) is 20.1 Å². The largest absolute Gasteiger partial charge is 0.506 e. The van der Waals surface area contributed by atoms with Crippen LogP contribution < -0.4 is 5.32 Å². The quantitative estimate of drug-likeness (QED) is 0.726. The van der Waals surface area contributed by atoms with Crippen molar-refractivity contribution in [2.24, 2.45) is 0 Å². The van der Waals surface area contributed by atoms with Crippen LogP contribution in [0.1, 0.15) is 30.1 Å². The predicted octanol–water partition coefficient (Wildman–Crippen LogP) is 3.70. The van der Waals surface area contributed by atoms with Crippen molar-refractivity contribution in [3.05, 3.63) is 53.1 Å². The van der Waals surface area contributed by atoms with Gasteiger partial charge in [0, 0.05) is 19.2 Å². The van der Waals surface area contributed by atoms with Crippen LogP contribution in [0.5, 0.6) is 5.75 Å². The number of hydrogen-bond acceptors (Lipinski definition) is 3. The number of aromatic hydroxyl groups is 1. The average molecular weight is 375 g/mol. The van der Waals surface area contributed by atoms with Crippen LogP contribution in [0.3, 0.4) is 0 Å². The lowest BCUT2D eigenvalue weighted by Gasteiger charge is -2.17. The number of carbonyl (C=O) groups is 2. The number of phenols is 1. The molecule has 0 radical (unpaired) electrons. The number of likely N-dealkylation sites (N-methyl/N-ethyl adjacent to an activating group) is 1. The van der Waals surface area contributed by atoms with Crippen LogP contribution in [0.25, 0.3) is 11.1 Å². The first-order valence-corrected chi connectivity index (χ1v) is 8.91. The molecule has 2 aromatic rings. The predicted molar refractivity (Wildman–Crippen MR) is 103 cm³/mol. The Morgan fingerprint density at radius 3 is 2.38 bits per heavy atom. The molecule has 0 spiro atoms. The van der Waals surface area contributed by atoms with Gasteiger partial charge in [-0.2, -0.15) is 0 Å². The number of nitrogens with one attached hydrogen (secondary N) is 1. The third-order valence-electron chi connectivity index (χ3n) is 3.99. The SMILES string of the molecule is CCCCNC(=O)CN(C)C(=O)c1ccc(-c2ccc(O)c(Cl)c2)cc1. The standard InChI is InChI=1S/C20H23ClN2O3/c1-3-4-11-22-19(25)13-23(2)20(26)15-7-5-14(6-8-15)16-9-10-18(24)17(21)12-16/h5-10,12,24H,3-4,11,13H2,1-2H3,(H,22,25). The van der Waals surface area contributed by atoms with Crippen molar-refractivity contribution < 1.29 is 14.7 Å². The lowest BCUT2D eigenvalue weighted by molar-refractivity contribution is -0.121. The number of phenolic OH excluding ortho intramolecular Hbond substituents is 1. The van der Waals surface area contributed by atoms with Gasteiger partial charge in [0.05, 0.1) is 11.6 Å². The molecule has 26 heavy (non-hydrogen) atoms.